The van der Waals surface area contributed by atoms with Crippen LogP contribution in [0.3, 0.4) is 0 Å². The Balaban J connectivity index is 2.02. The summed E-state index contributed by atoms with van der Waals surface area (Å²) in [6.07, 6.45) is 0. The van der Waals surface area contributed by atoms with Gasteiger partial charge < -0.3 is 10.4 Å². The molecule has 1 aromatic heterocycles. The molecule has 1 aromatic carbocycles. The van der Waals surface area contributed by atoms with Crippen molar-refractivity contribution in [2.45, 2.75) is 6.54 Å². The van der Waals surface area contributed by atoms with E-state index in [2.05, 4.69) is 26.2 Å². The molecule has 0 aliphatic heterocycles. The van der Waals surface area contributed by atoms with Crippen LogP contribution in [-0.4, -0.2) is 22.0 Å². The predicted octanol–water partition coefficient (Wildman–Crippen LogP) is 3.19. The van der Waals surface area contributed by atoms with Gasteiger partial charge in [0.15, 0.2) is 5.69 Å². The molecule has 2 N–H and O–H groups in total. The first-order valence-electron chi connectivity index (χ1n) is 5.38. The Labute approximate surface area is 131 Å². The molecule has 8 heteroatoms. The van der Waals surface area contributed by atoms with Gasteiger partial charge in [-0.25, -0.2) is 9.78 Å². The first kappa shape index (κ1) is 15.0. The van der Waals surface area contributed by atoms with Crippen LogP contribution in [0, 0.1) is 0 Å². The van der Waals surface area contributed by atoms with Gasteiger partial charge in [-0.15, -0.1) is 11.3 Å². The number of aromatic nitrogens is 1. The number of halogens is 2. The van der Waals surface area contributed by atoms with Gasteiger partial charge in [0.1, 0.15) is 5.01 Å². The molecule has 0 fully saturated rings. The molecule has 0 spiro atoms. The minimum atomic E-state index is -1.08. The van der Waals surface area contributed by atoms with Crippen LogP contribution in [0.25, 0.3) is 0 Å². The highest BCUT2D eigenvalue weighted by molar-refractivity contribution is 9.10. The molecule has 0 aliphatic carbocycles. The van der Waals surface area contributed by atoms with E-state index in [0.29, 0.717) is 20.1 Å². The fourth-order valence-electron chi connectivity index (χ4n) is 1.42. The Hall–Kier alpha value is -1.44. The van der Waals surface area contributed by atoms with E-state index in [0.717, 1.165) is 0 Å². The molecule has 0 bridgehead atoms. The molecule has 104 valence electrons. The van der Waals surface area contributed by atoms with Gasteiger partial charge in [-0.1, -0.05) is 11.6 Å². The van der Waals surface area contributed by atoms with Gasteiger partial charge in [-0.2, -0.15) is 0 Å². The minimum Gasteiger partial charge on any atom is -0.476 e. The maximum Gasteiger partial charge on any atom is 0.355 e. The average molecular weight is 376 g/mol. The van der Waals surface area contributed by atoms with Crippen molar-refractivity contribution in [1.29, 1.82) is 0 Å². The molecule has 2 rings (SSSR count). The lowest BCUT2D eigenvalue weighted by Crippen LogP contribution is -2.23. The van der Waals surface area contributed by atoms with Crippen LogP contribution < -0.4 is 5.32 Å². The zero-order chi connectivity index (χ0) is 14.7. The van der Waals surface area contributed by atoms with Crippen molar-refractivity contribution in [1.82, 2.24) is 10.3 Å². The number of carbonyl (C=O) groups excluding carboxylic acids is 1. The molecule has 0 saturated heterocycles. The first-order chi connectivity index (χ1) is 9.47. The van der Waals surface area contributed by atoms with Crippen LogP contribution >= 0.6 is 38.9 Å². The SMILES string of the molecule is O=C(O)c1csc(CNC(=O)c2ccc(Cl)cc2Br)n1. The summed E-state index contributed by atoms with van der Waals surface area (Å²) in [6.45, 7) is 0.172. The monoisotopic (exact) mass is 374 g/mol. The average Bonchev–Trinajstić information content (AvgIpc) is 2.85. The molecule has 1 amide bonds. The van der Waals surface area contributed by atoms with Crippen molar-refractivity contribution in [3.8, 4) is 0 Å². The van der Waals surface area contributed by atoms with Crippen LogP contribution in [0.15, 0.2) is 28.1 Å². The number of hydrogen-bond acceptors (Lipinski definition) is 4. The largest absolute Gasteiger partial charge is 0.476 e. The summed E-state index contributed by atoms with van der Waals surface area (Å²) in [7, 11) is 0. The summed E-state index contributed by atoms with van der Waals surface area (Å²) >= 11 is 10.2. The number of nitrogens with zero attached hydrogens (tertiary/aromatic N) is 1. The highest BCUT2D eigenvalue weighted by atomic mass is 79.9. The summed E-state index contributed by atoms with van der Waals surface area (Å²) in [6, 6.07) is 4.85. The zero-order valence-electron chi connectivity index (χ0n) is 9.89. The van der Waals surface area contributed by atoms with Crippen molar-refractivity contribution >= 4 is 50.7 Å². The quantitative estimate of drug-likeness (QED) is 0.860. The maximum atomic E-state index is 12.0. The first-order valence-corrected chi connectivity index (χ1v) is 7.43. The summed E-state index contributed by atoms with van der Waals surface area (Å²) in [5.74, 6) is -1.38. The second-order valence-electron chi connectivity index (χ2n) is 3.74. The molecule has 20 heavy (non-hydrogen) atoms. The summed E-state index contributed by atoms with van der Waals surface area (Å²) in [5, 5.41) is 13.9. The van der Waals surface area contributed by atoms with Gasteiger partial charge in [-0.3, -0.25) is 4.79 Å². The molecule has 0 unspecified atom stereocenters. The van der Waals surface area contributed by atoms with E-state index in [4.69, 9.17) is 16.7 Å². The summed E-state index contributed by atoms with van der Waals surface area (Å²) in [5.41, 5.74) is 0.427. The van der Waals surface area contributed by atoms with E-state index < -0.39 is 5.97 Å². The lowest BCUT2D eigenvalue weighted by molar-refractivity contribution is 0.0691. The van der Waals surface area contributed by atoms with Gasteiger partial charge in [-0.05, 0) is 34.1 Å². The Morgan fingerprint density at radius 1 is 1.45 bits per heavy atom. The van der Waals surface area contributed by atoms with E-state index in [9.17, 15) is 9.59 Å². The third-order valence-electron chi connectivity index (χ3n) is 2.35. The standard InChI is InChI=1S/C12H8BrClN2O3S/c13-8-3-6(14)1-2-7(8)11(17)15-4-10-16-9(5-20-10)12(18)19/h1-3,5H,4H2,(H,15,17)(H,18,19). The Bertz CT molecular complexity index is 674. The molecule has 5 nitrogen and oxygen atoms in total. The molecule has 2 aromatic rings. The van der Waals surface area contributed by atoms with Gasteiger partial charge in [0.25, 0.3) is 5.91 Å². The number of carboxylic acid groups (broad SMARTS) is 1. The van der Waals surface area contributed by atoms with Crippen LogP contribution in [0.4, 0.5) is 0 Å². The van der Waals surface area contributed by atoms with Crippen molar-refractivity contribution in [2.24, 2.45) is 0 Å². The van der Waals surface area contributed by atoms with Crippen LogP contribution in [0.1, 0.15) is 25.9 Å². The second kappa shape index (κ2) is 6.34. The van der Waals surface area contributed by atoms with Gasteiger partial charge in [0, 0.05) is 14.9 Å². The molecule has 1 heterocycles. The highest BCUT2D eigenvalue weighted by Crippen LogP contribution is 2.21. The van der Waals surface area contributed by atoms with Gasteiger partial charge >= 0.3 is 5.97 Å². The summed E-state index contributed by atoms with van der Waals surface area (Å²) in [4.78, 5) is 26.5. The highest BCUT2D eigenvalue weighted by Gasteiger charge is 2.12. The molecule has 0 atom stereocenters. The van der Waals surface area contributed by atoms with Crippen LogP contribution in [0.5, 0.6) is 0 Å². The fraction of sp³-hybridized carbons (Fsp3) is 0.0833. The van der Waals surface area contributed by atoms with Crippen LogP contribution in [0.2, 0.25) is 5.02 Å². The third-order valence-corrected chi connectivity index (χ3v) is 4.09. The normalized spacial score (nSPS) is 10.3. The Morgan fingerprint density at radius 3 is 2.80 bits per heavy atom. The second-order valence-corrected chi connectivity index (χ2v) is 5.97. The van der Waals surface area contributed by atoms with Gasteiger partial charge in [0.2, 0.25) is 0 Å². The topological polar surface area (TPSA) is 79.3 Å². The molecule has 0 saturated carbocycles. The third kappa shape index (κ3) is 3.56. The molecule has 0 radical (unpaired) electrons. The van der Waals surface area contributed by atoms with Crippen LogP contribution in [-0.2, 0) is 6.54 Å². The number of benzene rings is 1. The van der Waals surface area contributed by atoms with Crippen molar-refractivity contribution in [3.05, 3.63) is 49.3 Å². The summed E-state index contributed by atoms with van der Waals surface area (Å²) < 4.78 is 0.591. The fourth-order valence-corrected chi connectivity index (χ4v) is 2.99. The van der Waals surface area contributed by atoms with E-state index in [1.54, 1.807) is 18.2 Å². The van der Waals surface area contributed by atoms with E-state index in [1.807, 2.05) is 0 Å². The van der Waals surface area contributed by atoms with Gasteiger partial charge in [0.05, 0.1) is 12.1 Å². The lowest BCUT2D eigenvalue weighted by Gasteiger charge is -2.05. The number of hydrogen-bond donors (Lipinski definition) is 2. The van der Waals surface area contributed by atoms with E-state index in [-0.39, 0.29) is 18.1 Å². The number of aromatic carboxylic acids is 1. The molecule has 0 aliphatic rings. The number of thiazole rings is 1. The lowest BCUT2D eigenvalue weighted by atomic mass is 10.2. The number of carbonyl (C=O) groups is 2. The molecular weight excluding hydrogens is 368 g/mol. The number of carboxylic acids is 1. The number of amides is 1. The Kier molecular flexibility index (Phi) is 4.74. The zero-order valence-corrected chi connectivity index (χ0v) is 13.1. The Morgan fingerprint density at radius 2 is 2.20 bits per heavy atom. The number of rotatable bonds is 4. The van der Waals surface area contributed by atoms with Crippen molar-refractivity contribution in [2.75, 3.05) is 0 Å². The van der Waals surface area contributed by atoms with Crippen molar-refractivity contribution in [3.63, 3.8) is 0 Å². The van der Waals surface area contributed by atoms with E-state index >= 15 is 0 Å². The minimum absolute atomic E-state index is 0.0214. The van der Waals surface area contributed by atoms with Crippen molar-refractivity contribution < 1.29 is 14.7 Å². The smallest absolute Gasteiger partial charge is 0.355 e. The van der Waals surface area contributed by atoms with E-state index in [1.165, 1.54) is 16.7 Å². The maximum absolute atomic E-state index is 12.0. The molecular formula is C12H8BrClN2O3S. The predicted molar refractivity (Wildman–Crippen MR) is 79.4 cm³/mol. The number of nitrogens with one attached hydrogen (secondary N) is 1.